The summed E-state index contributed by atoms with van der Waals surface area (Å²) in [5.74, 6) is 0.585. The van der Waals surface area contributed by atoms with E-state index in [4.69, 9.17) is 27.9 Å². The summed E-state index contributed by atoms with van der Waals surface area (Å²) in [7, 11) is 0. The average Bonchev–Trinajstić information content (AvgIpc) is 3.31. The lowest BCUT2D eigenvalue weighted by atomic mass is 10.2. The summed E-state index contributed by atoms with van der Waals surface area (Å²) in [6, 6.07) is 11.8. The standard InChI is InChI=1S/C16H16Cl2N2O/c17-12-3-1-11(2-4-12)10-21-16-8-7-14(18)15(20-16)9-19-13-5-6-13/h1-4,7-8,13,19H,5-6,9-10H2. The molecule has 1 heterocycles. The highest BCUT2D eigenvalue weighted by molar-refractivity contribution is 6.31. The van der Waals surface area contributed by atoms with E-state index >= 15 is 0 Å². The van der Waals surface area contributed by atoms with Crippen LogP contribution in [0.2, 0.25) is 10.0 Å². The number of pyridine rings is 1. The summed E-state index contributed by atoms with van der Waals surface area (Å²) in [4.78, 5) is 4.46. The van der Waals surface area contributed by atoms with Gasteiger partial charge in [0.1, 0.15) is 6.61 Å². The molecule has 3 nitrogen and oxygen atoms in total. The van der Waals surface area contributed by atoms with Crippen molar-refractivity contribution in [2.24, 2.45) is 0 Å². The Morgan fingerprint density at radius 3 is 2.57 bits per heavy atom. The van der Waals surface area contributed by atoms with Gasteiger partial charge in [0.25, 0.3) is 0 Å². The molecule has 0 spiro atoms. The van der Waals surface area contributed by atoms with E-state index in [2.05, 4.69) is 10.3 Å². The second-order valence-electron chi connectivity index (χ2n) is 5.15. The van der Waals surface area contributed by atoms with Crippen LogP contribution in [0.15, 0.2) is 36.4 Å². The predicted octanol–water partition coefficient (Wildman–Crippen LogP) is 4.22. The SMILES string of the molecule is Clc1ccc(COc2ccc(Cl)c(CNC3CC3)n2)cc1. The van der Waals surface area contributed by atoms with Gasteiger partial charge in [-0.2, -0.15) is 0 Å². The highest BCUT2D eigenvalue weighted by atomic mass is 35.5. The summed E-state index contributed by atoms with van der Waals surface area (Å²) >= 11 is 12.0. The maximum atomic E-state index is 6.16. The minimum atomic E-state index is 0.460. The van der Waals surface area contributed by atoms with Crippen molar-refractivity contribution in [2.75, 3.05) is 0 Å². The van der Waals surface area contributed by atoms with Gasteiger partial charge in [0.05, 0.1) is 10.7 Å². The van der Waals surface area contributed by atoms with E-state index in [0.717, 1.165) is 16.3 Å². The normalized spacial score (nSPS) is 14.2. The Labute approximate surface area is 134 Å². The minimum Gasteiger partial charge on any atom is -0.473 e. The fourth-order valence-electron chi connectivity index (χ4n) is 1.94. The summed E-state index contributed by atoms with van der Waals surface area (Å²) < 4.78 is 5.71. The van der Waals surface area contributed by atoms with Crippen molar-refractivity contribution in [1.82, 2.24) is 10.3 Å². The first-order valence-corrected chi connectivity index (χ1v) is 7.72. The second-order valence-corrected chi connectivity index (χ2v) is 5.99. The van der Waals surface area contributed by atoms with Gasteiger partial charge in [-0.3, -0.25) is 0 Å². The first kappa shape index (κ1) is 14.6. The Morgan fingerprint density at radius 1 is 1.10 bits per heavy atom. The molecule has 5 heteroatoms. The van der Waals surface area contributed by atoms with Crippen LogP contribution in [0.3, 0.4) is 0 Å². The molecule has 3 rings (SSSR count). The number of halogens is 2. The fraction of sp³-hybridized carbons (Fsp3) is 0.312. The highest BCUT2D eigenvalue weighted by Crippen LogP contribution is 2.22. The zero-order valence-corrected chi connectivity index (χ0v) is 13.0. The molecule has 2 aromatic rings. The van der Waals surface area contributed by atoms with Gasteiger partial charge < -0.3 is 10.1 Å². The number of aromatic nitrogens is 1. The summed E-state index contributed by atoms with van der Waals surface area (Å²) in [6.45, 7) is 1.14. The molecule has 21 heavy (non-hydrogen) atoms. The molecule has 110 valence electrons. The molecule has 1 N–H and O–H groups in total. The van der Waals surface area contributed by atoms with Gasteiger partial charge in [0.15, 0.2) is 0 Å². The number of nitrogens with one attached hydrogen (secondary N) is 1. The molecule has 1 aliphatic rings. The van der Waals surface area contributed by atoms with Gasteiger partial charge >= 0.3 is 0 Å². The minimum absolute atomic E-state index is 0.460. The van der Waals surface area contributed by atoms with Crippen molar-refractivity contribution >= 4 is 23.2 Å². The first-order valence-electron chi connectivity index (χ1n) is 6.97. The van der Waals surface area contributed by atoms with E-state index in [1.807, 2.05) is 30.3 Å². The van der Waals surface area contributed by atoms with Gasteiger partial charge in [-0.1, -0.05) is 35.3 Å². The number of nitrogens with zero attached hydrogens (tertiary/aromatic N) is 1. The van der Waals surface area contributed by atoms with E-state index < -0.39 is 0 Å². The molecule has 1 fully saturated rings. The Morgan fingerprint density at radius 2 is 1.86 bits per heavy atom. The quantitative estimate of drug-likeness (QED) is 0.864. The van der Waals surface area contributed by atoms with Crippen LogP contribution in [0.4, 0.5) is 0 Å². The van der Waals surface area contributed by atoms with E-state index in [0.29, 0.717) is 30.1 Å². The largest absolute Gasteiger partial charge is 0.473 e. The van der Waals surface area contributed by atoms with E-state index in [1.165, 1.54) is 12.8 Å². The average molecular weight is 323 g/mol. The van der Waals surface area contributed by atoms with E-state index in [-0.39, 0.29) is 0 Å². The molecule has 0 aliphatic heterocycles. The summed E-state index contributed by atoms with van der Waals surface area (Å²) in [5, 5.41) is 4.79. The van der Waals surface area contributed by atoms with E-state index in [9.17, 15) is 0 Å². The van der Waals surface area contributed by atoms with Crippen LogP contribution >= 0.6 is 23.2 Å². The fourth-order valence-corrected chi connectivity index (χ4v) is 2.23. The molecule has 1 aromatic carbocycles. The molecule has 0 atom stereocenters. The van der Waals surface area contributed by atoms with Gasteiger partial charge in [0, 0.05) is 23.7 Å². The van der Waals surface area contributed by atoms with Gasteiger partial charge in [-0.15, -0.1) is 0 Å². The van der Waals surface area contributed by atoms with Crippen LogP contribution in [0, 0.1) is 0 Å². The third-order valence-electron chi connectivity index (χ3n) is 3.33. The number of rotatable bonds is 6. The monoisotopic (exact) mass is 322 g/mol. The highest BCUT2D eigenvalue weighted by Gasteiger charge is 2.20. The van der Waals surface area contributed by atoms with Crippen molar-refractivity contribution < 1.29 is 4.74 Å². The molecule has 0 amide bonds. The first-order chi connectivity index (χ1) is 10.2. The van der Waals surface area contributed by atoms with Gasteiger partial charge in [-0.25, -0.2) is 4.98 Å². The molecule has 0 unspecified atom stereocenters. The number of hydrogen-bond acceptors (Lipinski definition) is 3. The molecule has 0 bridgehead atoms. The zero-order valence-electron chi connectivity index (χ0n) is 11.5. The van der Waals surface area contributed by atoms with Crippen molar-refractivity contribution in [3.8, 4) is 5.88 Å². The van der Waals surface area contributed by atoms with Crippen molar-refractivity contribution in [2.45, 2.75) is 32.0 Å². The smallest absolute Gasteiger partial charge is 0.213 e. The molecule has 1 saturated carbocycles. The third-order valence-corrected chi connectivity index (χ3v) is 3.92. The molecular formula is C16H16Cl2N2O. The molecule has 0 radical (unpaired) electrons. The number of hydrogen-bond donors (Lipinski definition) is 1. The molecule has 1 aromatic heterocycles. The van der Waals surface area contributed by atoms with Crippen molar-refractivity contribution in [1.29, 1.82) is 0 Å². The molecular weight excluding hydrogens is 307 g/mol. The third kappa shape index (κ3) is 4.34. The van der Waals surface area contributed by atoms with Crippen LogP contribution in [0.5, 0.6) is 5.88 Å². The van der Waals surface area contributed by atoms with Gasteiger partial charge in [-0.05, 0) is 36.6 Å². The maximum absolute atomic E-state index is 6.16. The van der Waals surface area contributed by atoms with Crippen LogP contribution in [-0.4, -0.2) is 11.0 Å². The maximum Gasteiger partial charge on any atom is 0.213 e. The number of benzene rings is 1. The van der Waals surface area contributed by atoms with Crippen molar-refractivity contribution in [3.63, 3.8) is 0 Å². The number of ether oxygens (including phenoxy) is 1. The van der Waals surface area contributed by atoms with E-state index in [1.54, 1.807) is 6.07 Å². The Bertz CT molecular complexity index is 612. The lowest BCUT2D eigenvalue weighted by molar-refractivity contribution is 0.293. The zero-order chi connectivity index (χ0) is 14.7. The molecule has 0 saturated heterocycles. The Balaban J connectivity index is 1.61. The second kappa shape index (κ2) is 6.65. The van der Waals surface area contributed by atoms with Crippen LogP contribution < -0.4 is 10.1 Å². The Kier molecular flexibility index (Phi) is 4.63. The lowest BCUT2D eigenvalue weighted by Gasteiger charge is -2.09. The topological polar surface area (TPSA) is 34.1 Å². The van der Waals surface area contributed by atoms with Crippen LogP contribution in [-0.2, 0) is 13.2 Å². The summed E-state index contributed by atoms with van der Waals surface area (Å²) in [5.41, 5.74) is 1.88. The van der Waals surface area contributed by atoms with Crippen LogP contribution in [0.25, 0.3) is 0 Å². The van der Waals surface area contributed by atoms with Crippen LogP contribution in [0.1, 0.15) is 24.1 Å². The van der Waals surface area contributed by atoms with Crippen molar-refractivity contribution in [3.05, 3.63) is 57.7 Å². The summed E-state index contributed by atoms with van der Waals surface area (Å²) in [6.07, 6.45) is 2.48. The molecule has 1 aliphatic carbocycles. The predicted molar refractivity (Wildman–Crippen MR) is 84.9 cm³/mol. The lowest BCUT2D eigenvalue weighted by Crippen LogP contribution is -2.16. The Hall–Kier alpha value is -1.29. The van der Waals surface area contributed by atoms with Gasteiger partial charge in [0.2, 0.25) is 5.88 Å².